The number of hydrogen-bond donors (Lipinski definition) is 2. The van der Waals surface area contributed by atoms with Crippen LogP contribution in [0, 0.1) is 5.92 Å². The Hall–Kier alpha value is -2.35. The van der Waals surface area contributed by atoms with Gasteiger partial charge in [-0.2, -0.15) is 0 Å². The SMILES string of the molecule is CC.CO.CS(=O)CCC/C=C/CCCCN1CC(CCCc2cccc(Cl)c2)COc2ccc(C(N)=O)cc21. The van der Waals surface area contributed by atoms with Gasteiger partial charge in [0.25, 0.3) is 0 Å². The average molecular weight is 593 g/mol. The second kappa shape index (κ2) is 21.4. The Morgan fingerprint density at radius 1 is 1.10 bits per heavy atom. The van der Waals surface area contributed by atoms with Gasteiger partial charge in [-0.25, -0.2) is 0 Å². The van der Waals surface area contributed by atoms with E-state index >= 15 is 0 Å². The predicted octanol–water partition coefficient (Wildman–Crippen LogP) is 6.80. The highest BCUT2D eigenvalue weighted by Gasteiger charge is 2.23. The highest BCUT2D eigenvalue weighted by atomic mass is 35.5. The van der Waals surface area contributed by atoms with Gasteiger partial charge in [0.1, 0.15) is 5.75 Å². The van der Waals surface area contributed by atoms with E-state index < -0.39 is 16.7 Å². The second-order valence-corrected chi connectivity index (χ2v) is 11.6. The van der Waals surface area contributed by atoms with Gasteiger partial charge in [-0.1, -0.05) is 49.7 Å². The molecular weight excluding hydrogens is 544 g/mol. The molecule has 3 rings (SSSR count). The number of ether oxygens (including phenoxy) is 1. The van der Waals surface area contributed by atoms with Crippen molar-refractivity contribution < 1.29 is 18.8 Å². The summed E-state index contributed by atoms with van der Waals surface area (Å²) in [7, 11) is 0.297. The maximum Gasteiger partial charge on any atom is 0.248 e. The van der Waals surface area contributed by atoms with Crippen LogP contribution in [0.2, 0.25) is 5.02 Å². The van der Waals surface area contributed by atoms with Gasteiger partial charge in [-0.15, -0.1) is 0 Å². The van der Waals surface area contributed by atoms with Crippen LogP contribution >= 0.6 is 11.6 Å². The Bertz CT molecular complexity index is 1050. The van der Waals surface area contributed by atoms with E-state index in [-0.39, 0.29) is 0 Å². The largest absolute Gasteiger partial charge is 0.491 e. The molecule has 2 aromatic carbocycles. The van der Waals surface area contributed by atoms with Crippen molar-refractivity contribution in [3.8, 4) is 5.75 Å². The number of fused-ring (bicyclic) bond motifs is 1. The summed E-state index contributed by atoms with van der Waals surface area (Å²) in [5, 5.41) is 7.78. The molecule has 8 heteroatoms. The maximum atomic E-state index is 11.8. The Morgan fingerprint density at radius 3 is 2.50 bits per heavy atom. The molecule has 6 nitrogen and oxygen atoms in total. The average Bonchev–Trinajstić information content (AvgIpc) is 3.13. The third-order valence-electron chi connectivity index (χ3n) is 6.52. The number of anilines is 1. The molecule has 0 spiro atoms. The zero-order valence-corrected chi connectivity index (χ0v) is 26.3. The van der Waals surface area contributed by atoms with Gasteiger partial charge in [0, 0.05) is 59.5 Å². The number of primary amides is 1. The number of rotatable bonds is 14. The topological polar surface area (TPSA) is 92.9 Å². The maximum absolute atomic E-state index is 11.8. The molecule has 1 aliphatic heterocycles. The first-order chi connectivity index (χ1) is 19.4. The molecule has 2 unspecified atom stereocenters. The molecule has 3 N–H and O–H groups in total. The fourth-order valence-electron chi connectivity index (χ4n) is 4.59. The standard InChI is InChI=1S/C29H39ClN2O3S.C2H6.CH4O/c1-36(34)18-8-6-4-2-3-5-7-17-32-21-24(13-9-11-23-12-10-14-26(30)19-23)22-35-28-16-15-25(29(31)33)20-27(28)32;2*1-2/h2,4,10,12,14-16,19-20,24H,3,5-9,11,13,17-18,21-22H2,1H3,(H2,31,33);1-2H3;2H,1H3/b4-2+;;. The number of allylic oxidation sites excluding steroid dienone is 2. The van der Waals surface area contributed by atoms with Crippen LogP contribution in [0.25, 0.3) is 0 Å². The third kappa shape index (κ3) is 13.8. The van der Waals surface area contributed by atoms with Crippen molar-refractivity contribution in [1.82, 2.24) is 0 Å². The zero-order valence-electron chi connectivity index (χ0n) is 24.7. The van der Waals surface area contributed by atoms with E-state index in [0.717, 1.165) is 93.8 Å². The van der Waals surface area contributed by atoms with Crippen molar-refractivity contribution in [1.29, 1.82) is 0 Å². The van der Waals surface area contributed by atoms with E-state index in [9.17, 15) is 9.00 Å². The lowest BCUT2D eigenvalue weighted by molar-refractivity contribution is 0.1000. The Kier molecular flexibility index (Phi) is 19.1. The molecule has 0 aliphatic carbocycles. The molecular formula is C32H49ClN2O4S. The van der Waals surface area contributed by atoms with Crippen LogP contribution in [0.5, 0.6) is 5.75 Å². The third-order valence-corrected chi connectivity index (χ3v) is 7.62. The normalized spacial score (nSPS) is 15.1. The van der Waals surface area contributed by atoms with Crippen LogP contribution < -0.4 is 15.4 Å². The molecule has 0 saturated carbocycles. The number of carbonyl (C=O) groups is 1. The molecule has 2 atom stereocenters. The van der Waals surface area contributed by atoms with Crippen molar-refractivity contribution >= 4 is 34.0 Å². The van der Waals surface area contributed by atoms with Crippen molar-refractivity contribution in [2.24, 2.45) is 11.7 Å². The van der Waals surface area contributed by atoms with Crippen LogP contribution in [-0.4, -0.2) is 54.0 Å². The monoisotopic (exact) mass is 592 g/mol. The van der Waals surface area contributed by atoms with Gasteiger partial charge in [0.2, 0.25) is 5.91 Å². The summed E-state index contributed by atoms with van der Waals surface area (Å²) in [6.45, 7) is 6.47. The van der Waals surface area contributed by atoms with Crippen LogP contribution in [0.3, 0.4) is 0 Å². The van der Waals surface area contributed by atoms with Crippen LogP contribution in [0.4, 0.5) is 5.69 Å². The number of nitrogens with two attached hydrogens (primary N) is 1. The van der Waals surface area contributed by atoms with Gasteiger partial charge in [-0.05, 0) is 87.3 Å². The first-order valence-corrected chi connectivity index (χ1v) is 16.5. The number of amides is 1. The smallest absolute Gasteiger partial charge is 0.248 e. The number of aliphatic hydroxyl groups is 1. The highest BCUT2D eigenvalue weighted by Crippen LogP contribution is 2.34. The second-order valence-electron chi connectivity index (χ2n) is 9.58. The first kappa shape index (κ1) is 35.7. The lowest BCUT2D eigenvalue weighted by Gasteiger charge is -2.27. The molecule has 0 aromatic heterocycles. The molecule has 0 bridgehead atoms. The fourth-order valence-corrected chi connectivity index (χ4v) is 5.37. The Morgan fingerprint density at radius 2 is 1.82 bits per heavy atom. The van der Waals surface area contributed by atoms with E-state index in [0.29, 0.717) is 18.1 Å². The van der Waals surface area contributed by atoms with Crippen molar-refractivity contribution in [3.63, 3.8) is 0 Å². The summed E-state index contributed by atoms with van der Waals surface area (Å²) in [4.78, 5) is 14.2. The Labute approximate surface area is 249 Å². The minimum Gasteiger partial charge on any atom is -0.491 e. The van der Waals surface area contributed by atoms with E-state index in [2.05, 4.69) is 23.1 Å². The molecule has 0 radical (unpaired) electrons. The minimum absolute atomic E-state index is 0.401. The van der Waals surface area contributed by atoms with Gasteiger partial charge < -0.3 is 20.5 Å². The van der Waals surface area contributed by atoms with Gasteiger partial charge in [0.05, 0.1) is 12.3 Å². The summed E-state index contributed by atoms with van der Waals surface area (Å²) >= 11 is 6.14. The number of aliphatic hydroxyl groups excluding tert-OH is 1. The number of halogens is 1. The van der Waals surface area contributed by atoms with Gasteiger partial charge in [-0.3, -0.25) is 9.00 Å². The summed E-state index contributed by atoms with van der Waals surface area (Å²) in [6.07, 6.45) is 14.5. The molecule has 1 heterocycles. The number of hydrogen-bond acceptors (Lipinski definition) is 5. The van der Waals surface area contributed by atoms with Crippen molar-refractivity contribution in [2.45, 2.75) is 65.2 Å². The number of benzene rings is 2. The quantitative estimate of drug-likeness (QED) is 0.186. The van der Waals surface area contributed by atoms with Crippen LogP contribution in [0.1, 0.15) is 74.7 Å². The number of aryl methyl sites for hydroxylation is 1. The van der Waals surface area contributed by atoms with Gasteiger partial charge >= 0.3 is 0 Å². The number of nitrogens with zero attached hydrogens (tertiary/aromatic N) is 1. The molecule has 2 aromatic rings. The van der Waals surface area contributed by atoms with E-state index in [1.54, 1.807) is 12.3 Å². The fraction of sp³-hybridized carbons (Fsp3) is 0.531. The number of unbranched alkanes of at least 4 members (excludes halogenated alkanes) is 3. The summed E-state index contributed by atoms with van der Waals surface area (Å²) < 4.78 is 17.3. The van der Waals surface area contributed by atoms with Gasteiger partial charge in [0.15, 0.2) is 0 Å². The van der Waals surface area contributed by atoms with E-state index in [4.69, 9.17) is 27.2 Å². The minimum atomic E-state index is -0.703. The summed E-state index contributed by atoms with van der Waals surface area (Å²) in [5.74, 6) is 1.58. The Balaban J connectivity index is 0.00000191. The molecule has 0 saturated heterocycles. The van der Waals surface area contributed by atoms with Crippen LogP contribution in [0.15, 0.2) is 54.6 Å². The van der Waals surface area contributed by atoms with Crippen molar-refractivity contribution in [2.75, 3.05) is 43.7 Å². The highest BCUT2D eigenvalue weighted by molar-refractivity contribution is 7.84. The first-order valence-electron chi connectivity index (χ1n) is 14.4. The molecule has 1 amide bonds. The molecule has 40 heavy (non-hydrogen) atoms. The lowest BCUT2D eigenvalue weighted by Crippen LogP contribution is -2.31. The molecule has 1 aliphatic rings. The lowest BCUT2D eigenvalue weighted by atomic mass is 9.99. The molecule has 0 fully saturated rings. The van der Waals surface area contributed by atoms with Crippen molar-refractivity contribution in [3.05, 3.63) is 70.8 Å². The summed E-state index contributed by atoms with van der Waals surface area (Å²) in [6, 6.07) is 13.6. The van der Waals surface area contributed by atoms with Crippen LogP contribution in [-0.2, 0) is 17.2 Å². The molecule has 224 valence electrons. The zero-order chi connectivity index (χ0) is 29.8. The number of carbonyl (C=O) groups excluding carboxylic acids is 1. The van der Waals surface area contributed by atoms with E-state index in [1.165, 1.54) is 5.56 Å². The predicted molar refractivity (Wildman–Crippen MR) is 171 cm³/mol. The summed E-state index contributed by atoms with van der Waals surface area (Å²) in [5.41, 5.74) is 8.30. The van der Waals surface area contributed by atoms with E-state index in [1.807, 2.05) is 44.2 Å².